The van der Waals surface area contributed by atoms with Crippen LogP contribution in [0, 0.1) is 0 Å². The molecule has 0 aromatic heterocycles. The highest BCUT2D eigenvalue weighted by Gasteiger charge is 2.23. The molecule has 0 amide bonds. The molecule has 1 saturated carbocycles. The lowest BCUT2D eigenvalue weighted by atomic mass is 9.96. The van der Waals surface area contributed by atoms with Gasteiger partial charge in [-0.15, -0.1) is 0 Å². The Balaban J connectivity index is 2.35. The predicted octanol–water partition coefficient (Wildman–Crippen LogP) is 0.572. The molecule has 90 valence electrons. The van der Waals surface area contributed by atoms with Crippen molar-refractivity contribution < 1.29 is 13.5 Å². The Bertz CT molecular complexity index is 271. The van der Waals surface area contributed by atoms with Crippen molar-refractivity contribution >= 4 is 21.8 Å². The van der Waals surface area contributed by atoms with E-state index in [0.29, 0.717) is 5.25 Å². The molecule has 0 aromatic rings. The van der Waals surface area contributed by atoms with Gasteiger partial charge in [0.2, 0.25) is 10.0 Å². The lowest BCUT2D eigenvalue weighted by molar-refractivity contribution is 0.318. The topological polar surface area (TPSA) is 66.4 Å². The van der Waals surface area contributed by atoms with E-state index in [4.69, 9.17) is 5.11 Å². The molecular formula is C9H19NO3S2. The first kappa shape index (κ1) is 13.3. The Labute approximate surface area is 95.9 Å². The van der Waals surface area contributed by atoms with Crippen LogP contribution in [0.3, 0.4) is 0 Å². The van der Waals surface area contributed by atoms with Crippen molar-refractivity contribution in [2.24, 2.45) is 0 Å². The molecule has 0 atom stereocenters. The zero-order valence-corrected chi connectivity index (χ0v) is 10.6. The highest BCUT2D eigenvalue weighted by atomic mass is 32.2. The van der Waals surface area contributed by atoms with Gasteiger partial charge >= 0.3 is 0 Å². The van der Waals surface area contributed by atoms with Crippen LogP contribution in [0.2, 0.25) is 0 Å². The Morgan fingerprint density at radius 1 is 1.33 bits per heavy atom. The number of thioether (sulfide) groups is 1. The first-order chi connectivity index (χ1) is 7.07. The molecule has 0 heterocycles. The van der Waals surface area contributed by atoms with Crippen LogP contribution < -0.4 is 4.72 Å². The second-order valence-corrected chi connectivity index (χ2v) is 6.88. The first-order valence-electron chi connectivity index (χ1n) is 5.21. The summed E-state index contributed by atoms with van der Waals surface area (Å²) >= 11 is 1.86. The summed E-state index contributed by atoms with van der Waals surface area (Å²) in [5.74, 6) is -0.185. The molecule has 0 bridgehead atoms. The molecule has 0 aliphatic heterocycles. The van der Waals surface area contributed by atoms with Gasteiger partial charge in [0.05, 0.1) is 12.4 Å². The Kier molecular flexibility index (Phi) is 5.38. The van der Waals surface area contributed by atoms with Crippen molar-refractivity contribution in [3.05, 3.63) is 0 Å². The fraction of sp³-hybridized carbons (Fsp3) is 1.00. The molecule has 15 heavy (non-hydrogen) atoms. The number of sulfonamides is 1. The number of aliphatic hydroxyl groups excluding tert-OH is 1. The summed E-state index contributed by atoms with van der Waals surface area (Å²) in [4.78, 5) is 0. The van der Waals surface area contributed by atoms with Gasteiger partial charge in [0.25, 0.3) is 0 Å². The first-order valence-corrected chi connectivity index (χ1v) is 8.15. The third kappa shape index (κ3) is 4.72. The minimum absolute atomic E-state index is 0.0740. The summed E-state index contributed by atoms with van der Waals surface area (Å²) in [5, 5.41) is 9.27. The molecule has 1 aliphatic carbocycles. The van der Waals surface area contributed by atoms with Crippen molar-refractivity contribution in [1.29, 1.82) is 0 Å². The standard InChI is InChI=1S/C9H19NO3S2/c1-14-9-4-2-8(3-5-9)10-15(12,13)7-6-11/h8-11H,2-7H2,1H3. The van der Waals surface area contributed by atoms with Crippen LogP contribution in [0.5, 0.6) is 0 Å². The van der Waals surface area contributed by atoms with E-state index in [0.717, 1.165) is 25.7 Å². The molecule has 1 aliphatic rings. The van der Waals surface area contributed by atoms with Crippen LogP contribution in [0.25, 0.3) is 0 Å². The molecule has 0 unspecified atom stereocenters. The molecular weight excluding hydrogens is 234 g/mol. The summed E-state index contributed by atoms with van der Waals surface area (Å²) in [5.41, 5.74) is 0. The van der Waals surface area contributed by atoms with Crippen LogP contribution >= 0.6 is 11.8 Å². The minimum Gasteiger partial charge on any atom is -0.395 e. The Morgan fingerprint density at radius 3 is 2.40 bits per heavy atom. The monoisotopic (exact) mass is 253 g/mol. The summed E-state index contributed by atoms with van der Waals surface area (Å²) in [6.07, 6.45) is 6.08. The van der Waals surface area contributed by atoms with Crippen molar-refractivity contribution in [2.45, 2.75) is 37.0 Å². The quantitative estimate of drug-likeness (QED) is 0.752. The van der Waals surface area contributed by atoms with Gasteiger partial charge in [-0.2, -0.15) is 11.8 Å². The van der Waals surface area contributed by atoms with E-state index < -0.39 is 10.0 Å². The van der Waals surface area contributed by atoms with Crippen molar-refractivity contribution in [1.82, 2.24) is 4.72 Å². The zero-order valence-electron chi connectivity index (χ0n) is 8.98. The van der Waals surface area contributed by atoms with E-state index in [1.807, 2.05) is 11.8 Å². The van der Waals surface area contributed by atoms with Gasteiger partial charge in [-0.3, -0.25) is 0 Å². The average molecular weight is 253 g/mol. The summed E-state index contributed by atoms with van der Waals surface area (Å²) < 4.78 is 25.4. The molecule has 1 fully saturated rings. The number of nitrogens with one attached hydrogen (secondary N) is 1. The smallest absolute Gasteiger partial charge is 0.214 e. The number of aliphatic hydroxyl groups is 1. The highest BCUT2D eigenvalue weighted by molar-refractivity contribution is 7.99. The van der Waals surface area contributed by atoms with Gasteiger partial charge in [-0.25, -0.2) is 13.1 Å². The fourth-order valence-electron chi connectivity index (χ4n) is 1.85. The van der Waals surface area contributed by atoms with Crippen molar-refractivity contribution in [2.75, 3.05) is 18.6 Å². The van der Waals surface area contributed by atoms with Gasteiger partial charge < -0.3 is 5.11 Å². The molecule has 0 saturated heterocycles. The van der Waals surface area contributed by atoms with E-state index in [1.165, 1.54) is 0 Å². The maximum Gasteiger partial charge on any atom is 0.214 e. The van der Waals surface area contributed by atoms with Crippen molar-refractivity contribution in [3.63, 3.8) is 0 Å². The largest absolute Gasteiger partial charge is 0.395 e. The minimum atomic E-state index is -3.26. The van der Waals surface area contributed by atoms with Crippen LogP contribution in [0.1, 0.15) is 25.7 Å². The molecule has 1 rings (SSSR count). The Morgan fingerprint density at radius 2 is 1.93 bits per heavy atom. The summed E-state index contributed by atoms with van der Waals surface area (Å²) in [7, 11) is -3.26. The van der Waals surface area contributed by atoms with E-state index >= 15 is 0 Å². The van der Waals surface area contributed by atoms with Crippen LogP contribution in [-0.2, 0) is 10.0 Å². The number of hydrogen-bond donors (Lipinski definition) is 2. The second-order valence-electron chi connectivity index (χ2n) is 3.87. The van der Waals surface area contributed by atoms with E-state index in [2.05, 4.69) is 11.0 Å². The highest BCUT2D eigenvalue weighted by Crippen LogP contribution is 2.27. The molecule has 0 radical (unpaired) electrons. The van der Waals surface area contributed by atoms with Crippen molar-refractivity contribution in [3.8, 4) is 0 Å². The van der Waals surface area contributed by atoms with Gasteiger partial charge in [0.1, 0.15) is 0 Å². The lowest BCUT2D eigenvalue weighted by Crippen LogP contribution is -2.39. The molecule has 0 aromatic carbocycles. The predicted molar refractivity (Wildman–Crippen MR) is 63.6 cm³/mol. The molecule has 0 spiro atoms. The maximum absolute atomic E-state index is 11.4. The van der Waals surface area contributed by atoms with Gasteiger partial charge in [0.15, 0.2) is 0 Å². The van der Waals surface area contributed by atoms with E-state index in [-0.39, 0.29) is 18.4 Å². The van der Waals surface area contributed by atoms with E-state index in [9.17, 15) is 8.42 Å². The summed E-state index contributed by atoms with van der Waals surface area (Å²) in [6.45, 7) is -0.310. The maximum atomic E-state index is 11.4. The van der Waals surface area contributed by atoms with Crippen LogP contribution in [-0.4, -0.2) is 43.4 Å². The van der Waals surface area contributed by atoms with Gasteiger partial charge in [-0.1, -0.05) is 0 Å². The number of rotatable bonds is 5. The average Bonchev–Trinajstić information content (AvgIpc) is 2.18. The second kappa shape index (κ2) is 6.08. The molecule has 6 heteroatoms. The third-order valence-electron chi connectivity index (χ3n) is 2.71. The summed E-state index contributed by atoms with van der Waals surface area (Å²) in [6, 6.07) is 0.0740. The van der Waals surface area contributed by atoms with Gasteiger partial charge in [-0.05, 0) is 31.9 Å². The zero-order chi connectivity index (χ0) is 11.3. The van der Waals surface area contributed by atoms with Crippen LogP contribution in [0.15, 0.2) is 0 Å². The number of hydrogen-bond acceptors (Lipinski definition) is 4. The normalized spacial score (nSPS) is 27.9. The lowest BCUT2D eigenvalue weighted by Gasteiger charge is -2.27. The fourth-order valence-corrected chi connectivity index (χ4v) is 3.69. The van der Waals surface area contributed by atoms with Gasteiger partial charge in [0, 0.05) is 11.3 Å². The Hall–Kier alpha value is 0.220. The third-order valence-corrected chi connectivity index (χ3v) is 5.26. The molecule has 4 nitrogen and oxygen atoms in total. The SMILES string of the molecule is CSC1CCC(NS(=O)(=O)CCO)CC1. The molecule has 2 N–H and O–H groups in total. The van der Waals surface area contributed by atoms with Crippen LogP contribution in [0.4, 0.5) is 0 Å². The van der Waals surface area contributed by atoms with E-state index in [1.54, 1.807) is 0 Å².